The molecule has 98 valence electrons. The first kappa shape index (κ1) is 14.3. The van der Waals surface area contributed by atoms with E-state index in [1.807, 2.05) is 19.9 Å². The summed E-state index contributed by atoms with van der Waals surface area (Å²) in [6.07, 6.45) is 0. The van der Waals surface area contributed by atoms with Crippen molar-refractivity contribution in [2.45, 2.75) is 13.8 Å². The molecule has 0 heterocycles. The molecule has 4 nitrogen and oxygen atoms in total. The van der Waals surface area contributed by atoms with E-state index in [-0.39, 0.29) is 5.91 Å². The summed E-state index contributed by atoms with van der Waals surface area (Å²) in [6, 6.07) is 5.27. The molecule has 0 unspecified atom stereocenters. The van der Waals surface area contributed by atoms with Gasteiger partial charge in [-0.05, 0) is 31.5 Å². The summed E-state index contributed by atoms with van der Waals surface area (Å²) in [5, 5.41) is 2.77. The van der Waals surface area contributed by atoms with Crippen LogP contribution in [0.15, 0.2) is 30.4 Å². The Morgan fingerprint density at radius 3 is 2.83 bits per heavy atom. The highest BCUT2D eigenvalue weighted by atomic mass is 16.5. The Morgan fingerprint density at radius 2 is 2.22 bits per heavy atom. The fraction of sp³-hybridized carbons (Fsp3) is 0.357. The summed E-state index contributed by atoms with van der Waals surface area (Å²) in [4.78, 5) is 11.8. The largest absolute Gasteiger partial charge is 0.398 e. The minimum atomic E-state index is -0.138. The normalized spacial score (nSPS) is 10.1. The third kappa shape index (κ3) is 4.59. The highest BCUT2D eigenvalue weighted by molar-refractivity contribution is 5.95. The summed E-state index contributed by atoms with van der Waals surface area (Å²) < 4.78 is 5.29. The number of rotatable bonds is 6. The maximum Gasteiger partial charge on any atom is 0.251 e. The van der Waals surface area contributed by atoms with Gasteiger partial charge in [0.05, 0.1) is 13.2 Å². The Kier molecular flexibility index (Phi) is 5.39. The number of anilines is 1. The van der Waals surface area contributed by atoms with Gasteiger partial charge in [0.25, 0.3) is 5.91 Å². The number of carbonyl (C=O) groups excluding carboxylic acids is 1. The van der Waals surface area contributed by atoms with Crippen molar-refractivity contribution in [3.8, 4) is 0 Å². The van der Waals surface area contributed by atoms with Crippen LogP contribution in [-0.2, 0) is 4.74 Å². The molecule has 1 amide bonds. The number of nitrogen functional groups attached to an aromatic ring is 1. The summed E-state index contributed by atoms with van der Waals surface area (Å²) in [5.74, 6) is -0.138. The van der Waals surface area contributed by atoms with E-state index in [4.69, 9.17) is 10.5 Å². The summed E-state index contributed by atoms with van der Waals surface area (Å²) in [7, 11) is 0. The Hall–Kier alpha value is -1.81. The average molecular weight is 248 g/mol. The second-order valence-electron chi connectivity index (χ2n) is 4.34. The molecule has 0 radical (unpaired) electrons. The SMILES string of the molecule is C=C(C)COCCNC(=O)c1ccc(C)c(N)c1. The molecule has 0 saturated heterocycles. The van der Waals surface area contributed by atoms with Gasteiger partial charge in [0, 0.05) is 17.8 Å². The topological polar surface area (TPSA) is 64.3 Å². The van der Waals surface area contributed by atoms with Crippen LogP contribution in [0.2, 0.25) is 0 Å². The van der Waals surface area contributed by atoms with Crippen molar-refractivity contribution in [3.05, 3.63) is 41.5 Å². The number of ether oxygens (including phenoxy) is 1. The quantitative estimate of drug-likeness (QED) is 0.459. The molecule has 3 N–H and O–H groups in total. The van der Waals surface area contributed by atoms with E-state index in [1.54, 1.807) is 12.1 Å². The second-order valence-corrected chi connectivity index (χ2v) is 4.34. The Morgan fingerprint density at radius 1 is 1.50 bits per heavy atom. The molecule has 0 spiro atoms. The van der Waals surface area contributed by atoms with Crippen LogP contribution in [0.5, 0.6) is 0 Å². The first-order valence-corrected chi connectivity index (χ1v) is 5.87. The Bertz CT molecular complexity index is 441. The van der Waals surface area contributed by atoms with Crippen molar-refractivity contribution in [1.29, 1.82) is 0 Å². The molecule has 1 rings (SSSR count). The summed E-state index contributed by atoms with van der Waals surface area (Å²) in [5.41, 5.74) is 8.88. The second kappa shape index (κ2) is 6.81. The van der Waals surface area contributed by atoms with Crippen LogP contribution < -0.4 is 11.1 Å². The van der Waals surface area contributed by atoms with E-state index in [1.165, 1.54) is 0 Å². The number of amides is 1. The molecule has 1 aromatic rings. The molecule has 1 aromatic carbocycles. The Balaban J connectivity index is 2.36. The van der Waals surface area contributed by atoms with Crippen molar-refractivity contribution in [3.63, 3.8) is 0 Å². The smallest absolute Gasteiger partial charge is 0.251 e. The number of aryl methyl sites for hydroxylation is 1. The summed E-state index contributed by atoms with van der Waals surface area (Å²) >= 11 is 0. The zero-order valence-corrected chi connectivity index (χ0v) is 11.0. The van der Waals surface area contributed by atoms with Gasteiger partial charge in [0.2, 0.25) is 0 Å². The standard InChI is InChI=1S/C14H20N2O2/c1-10(2)9-18-7-6-16-14(17)12-5-4-11(3)13(15)8-12/h4-5,8H,1,6-7,9,15H2,2-3H3,(H,16,17). The van der Waals surface area contributed by atoms with Gasteiger partial charge in [0.15, 0.2) is 0 Å². The van der Waals surface area contributed by atoms with Crippen LogP contribution in [0.3, 0.4) is 0 Å². The van der Waals surface area contributed by atoms with Gasteiger partial charge < -0.3 is 15.8 Å². The predicted molar refractivity (Wildman–Crippen MR) is 73.6 cm³/mol. The van der Waals surface area contributed by atoms with E-state index in [2.05, 4.69) is 11.9 Å². The molecule has 0 aliphatic carbocycles. The molecule has 18 heavy (non-hydrogen) atoms. The van der Waals surface area contributed by atoms with Crippen molar-refractivity contribution < 1.29 is 9.53 Å². The molecule has 0 aliphatic rings. The monoisotopic (exact) mass is 248 g/mol. The number of nitrogens with one attached hydrogen (secondary N) is 1. The van der Waals surface area contributed by atoms with Gasteiger partial charge in [-0.25, -0.2) is 0 Å². The predicted octanol–water partition coefficient (Wildman–Crippen LogP) is 1.90. The van der Waals surface area contributed by atoms with E-state index in [0.717, 1.165) is 11.1 Å². The van der Waals surface area contributed by atoms with Crippen molar-refractivity contribution in [2.75, 3.05) is 25.5 Å². The van der Waals surface area contributed by atoms with Crippen molar-refractivity contribution >= 4 is 11.6 Å². The van der Waals surface area contributed by atoms with Gasteiger partial charge in [-0.15, -0.1) is 0 Å². The van der Waals surface area contributed by atoms with Crippen molar-refractivity contribution in [1.82, 2.24) is 5.32 Å². The lowest BCUT2D eigenvalue weighted by atomic mass is 10.1. The molecular weight excluding hydrogens is 228 g/mol. The van der Waals surface area contributed by atoms with E-state index >= 15 is 0 Å². The maximum absolute atomic E-state index is 11.8. The third-order valence-electron chi connectivity index (χ3n) is 2.42. The highest BCUT2D eigenvalue weighted by Crippen LogP contribution is 2.12. The minimum Gasteiger partial charge on any atom is -0.398 e. The number of benzene rings is 1. The fourth-order valence-electron chi connectivity index (χ4n) is 1.37. The van der Waals surface area contributed by atoms with Crippen LogP contribution in [0, 0.1) is 6.92 Å². The van der Waals surface area contributed by atoms with E-state index in [0.29, 0.717) is 31.0 Å². The highest BCUT2D eigenvalue weighted by Gasteiger charge is 2.05. The van der Waals surface area contributed by atoms with Crippen LogP contribution in [0.4, 0.5) is 5.69 Å². The van der Waals surface area contributed by atoms with E-state index in [9.17, 15) is 4.79 Å². The first-order chi connectivity index (χ1) is 8.50. The number of hydrogen-bond acceptors (Lipinski definition) is 3. The molecular formula is C14H20N2O2. The molecule has 4 heteroatoms. The molecule has 0 atom stereocenters. The molecule has 0 aromatic heterocycles. The lowest BCUT2D eigenvalue weighted by Crippen LogP contribution is -2.27. The maximum atomic E-state index is 11.8. The third-order valence-corrected chi connectivity index (χ3v) is 2.42. The van der Waals surface area contributed by atoms with Gasteiger partial charge in [-0.3, -0.25) is 4.79 Å². The number of nitrogens with two attached hydrogens (primary N) is 1. The molecule has 0 fully saturated rings. The molecule has 0 aliphatic heterocycles. The first-order valence-electron chi connectivity index (χ1n) is 5.87. The van der Waals surface area contributed by atoms with Crippen LogP contribution in [0.25, 0.3) is 0 Å². The average Bonchev–Trinajstić information content (AvgIpc) is 2.31. The van der Waals surface area contributed by atoms with Gasteiger partial charge in [-0.1, -0.05) is 18.2 Å². The lowest BCUT2D eigenvalue weighted by molar-refractivity contribution is 0.0927. The number of carbonyl (C=O) groups is 1. The van der Waals surface area contributed by atoms with Gasteiger partial charge in [-0.2, -0.15) is 0 Å². The van der Waals surface area contributed by atoms with Crippen molar-refractivity contribution in [2.24, 2.45) is 0 Å². The minimum absolute atomic E-state index is 0.138. The molecule has 0 saturated carbocycles. The van der Waals surface area contributed by atoms with Crippen LogP contribution in [0.1, 0.15) is 22.8 Å². The fourth-order valence-corrected chi connectivity index (χ4v) is 1.37. The number of hydrogen-bond donors (Lipinski definition) is 2. The zero-order valence-electron chi connectivity index (χ0n) is 11.0. The zero-order chi connectivity index (χ0) is 13.5. The van der Waals surface area contributed by atoms with E-state index < -0.39 is 0 Å². The molecule has 0 bridgehead atoms. The summed E-state index contributed by atoms with van der Waals surface area (Å²) in [6.45, 7) is 8.99. The lowest BCUT2D eigenvalue weighted by Gasteiger charge is -2.07. The van der Waals surface area contributed by atoms with Gasteiger partial charge >= 0.3 is 0 Å². The van der Waals surface area contributed by atoms with Crippen LogP contribution in [-0.4, -0.2) is 25.7 Å². The van der Waals surface area contributed by atoms with Gasteiger partial charge in [0.1, 0.15) is 0 Å². The van der Waals surface area contributed by atoms with Crippen LogP contribution >= 0.6 is 0 Å². The Labute approximate surface area is 108 Å².